The predicted octanol–water partition coefficient (Wildman–Crippen LogP) is 4.38. The molecule has 2 aromatic carbocycles. The zero-order chi connectivity index (χ0) is 25.2. The maximum atomic E-state index is 13.3. The van der Waals surface area contributed by atoms with Crippen molar-refractivity contribution in [2.24, 2.45) is 0 Å². The summed E-state index contributed by atoms with van der Waals surface area (Å²) in [5.74, 6) is -0.210. The highest BCUT2D eigenvalue weighted by atomic mass is 16.5. The van der Waals surface area contributed by atoms with Gasteiger partial charge in [0.15, 0.2) is 6.10 Å². The van der Waals surface area contributed by atoms with Gasteiger partial charge < -0.3 is 19.9 Å². The van der Waals surface area contributed by atoms with Crippen LogP contribution in [0.15, 0.2) is 60.8 Å². The number of methoxy groups -OCH3 is 1. The third-order valence-electron chi connectivity index (χ3n) is 6.91. The highest BCUT2D eigenvalue weighted by molar-refractivity contribution is 5.98. The van der Waals surface area contributed by atoms with Gasteiger partial charge in [0.05, 0.1) is 0 Å². The third kappa shape index (κ3) is 4.62. The summed E-state index contributed by atoms with van der Waals surface area (Å²) in [6.07, 6.45) is 1.89. The van der Waals surface area contributed by atoms with Crippen molar-refractivity contribution in [1.82, 2.24) is 20.2 Å². The first-order valence-electron chi connectivity index (χ1n) is 12.1. The van der Waals surface area contributed by atoms with Crippen molar-refractivity contribution in [2.45, 2.75) is 39.5 Å². The average Bonchev–Trinajstić information content (AvgIpc) is 3.31. The molecule has 2 aromatic heterocycles. The lowest BCUT2D eigenvalue weighted by Gasteiger charge is -2.30. The van der Waals surface area contributed by atoms with E-state index in [0.717, 1.165) is 44.4 Å². The Labute approximate surface area is 210 Å². The van der Waals surface area contributed by atoms with E-state index < -0.39 is 6.10 Å². The highest BCUT2D eigenvalue weighted by Crippen LogP contribution is 2.26. The average molecular weight is 483 g/mol. The molecule has 4 aromatic rings. The molecule has 0 aliphatic carbocycles. The number of carbonyl (C=O) groups excluding carboxylic acids is 2. The number of nitrogens with one attached hydrogen (secondary N) is 2. The number of hydrogen-bond donors (Lipinski definition) is 2. The molecule has 0 saturated carbocycles. The van der Waals surface area contributed by atoms with Gasteiger partial charge in [0, 0.05) is 49.5 Å². The third-order valence-corrected chi connectivity index (χ3v) is 6.91. The Morgan fingerprint density at radius 2 is 1.94 bits per heavy atom. The van der Waals surface area contributed by atoms with Crippen LogP contribution in [0.3, 0.4) is 0 Å². The molecule has 7 nitrogen and oxygen atoms in total. The number of amides is 2. The van der Waals surface area contributed by atoms with Gasteiger partial charge in [-0.1, -0.05) is 42.0 Å². The van der Waals surface area contributed by atoms with E-state index in [0.29, 0.717) is 31.7 Å². The molecule has 36 heavy (non-hydrogen) atoms. The molecule has 7 heteroatoms. The molecule has 0 saturated heterocycles. The second-order valence-corrected chi connectivity index (χ2v) is 9.32. The largest absolute Gasteiger partial charge is 0.367 e. The number of fused-ring (bicyclic) bond motifs is 2. The van der Waals surface area contributed by atoms with Crippen LogP contribution in [-0.2, 0) is 29.0 Å². The lowest BCUT2D eigenvalue weighted by Crippen LogP contribution is -2.37. The number of ether oxygens (including phenoxy) is 1. The Bertz CT molecular complexity index is 1430. The van der Waals surface area contributed by atoms with E-state index >= 15 is 0 Å². The number of rotatable bonds is 6. The number of aromatic amines is 1. The molecule has 0 bridgehead atoms. The van der Waals surface area contributed by atoms with E-state index in [9.17, 15) is 9.59 Å². The molecular formula is C29H30N4O3. The Morgan fingerprint density at radius 3 is 2.72 bits per heavy atom. The molecule has 3 heterocycles. The van der Waals surface area contributed by atoms with Crippen LogP contribution in [-0.4, -0.2) is 40.3 Å². The normalized spacial score (nSPS) is 13.9. The maximum Gasteiger partial charge on any atom is 0.270 e. The number of pyridine rings is 1. The van der Waals surface area contributed by atoms with Gasteiger partial charge in [-0.25, -0.2) is 0 Å². The molecule has 2 N–H and O–H groups in total. The van der Waals surface area contributed by atoms with E-state index in [1.165, 1.54) is 7.11 Å². The lowest BCUT2D eigenvalue weighted by molar-refractivity contribution is -0.131. The lowest BCUT2D eigenvalue weighted by atomic mass is 9.94. The van der Waals surface area contributed by atoms with Crippen molar-refractivity contribution >= 4 is 22.7 Å². The van der Waals surface area contributed by atoms with E-state index in [1.807, 2.05) is 73.5 Å². The molecule has 0 spiro atoms. The number of H-pyrrole nitrogens is 1. The summed E-state index contributed by atoms with van der Waals surface area (Å²) in [4.78, 5) is 35.9. The van der Waals surface area contributed by atoms with Gasteiger partial charge in [0.2, 0.25) is 0 Å². The van der Waals surface area contributed by atoms with Crippen LogP contribution < -0.4 is 5.32 Å². The van der Waals surface area contributed by atoms with Gasteiger partial charge in [0.25, 0.3) is 11.8 Å². The van der Waals surface area contributed by atoms with Crippen molar-refractivity contribution in [1.29, 1.82) is 0 Å². The molecule has 184 valence electrons. The van der Waals surface area contributed by atoms with Crippen molar-refractivity contribution in [3.63, 3.8) is 0 Å². The number of nitrogens with zero attached hydrogens (tertiary/aromatic N) is 2. The summed E-state index contributed by atoms with van der Waals surface area (Å²) in [6.45, 7) is 5.46. The molecular weight excluding hydrogens is 452 g/mol. The Balaban J connectivity index is 1.31. The molecule has 1 aliphatic rings. The molecule has 5 rings (SSSR count). The Hall–Kier alpha value is -3.97. The standard InChI is InChI=1S/C29H30N4O3/c1-18-9-10-25-21(13-18)14-26(32-25)29(35)33-12-11-23-22(17-33)15-30-19(2)24(23)16-31-28(34)27(36-3)20-7-5-4-6-8-20/h4-10,13-15,27,32H,11-12,16-17H2,1-3H3,(H,31,34)/t27-/m1/s1. The van der Waals surface area contributed by atoms with Crippen LogP contribution in [0.5, 0.6) is 0 Å². The smallest absolute Gasteiger partial charge is 0.270 e. The van der Waals surface area contributed by atoms with Crippen molar-refractivity contribution in [2.75, 3.05) is 13.7 Å². The quantitative estimate of drug-likeness (QED) is 0.427. The molecule has 1 atom stereocenters. The minimum Gasteiger partial charge on any atom is -0.367 e. The fraction of sp³-hybridized carbons (Fsp3) is 0.276. The first-order chi connectivity index (χ1) is 17.4. The van der Waals surface area contributed by atoms with Gasteiger partial charge in [-0.15, -0.1) is 0 Å². The summed E-state index contributed by atoms with van der Waals surface area (Å²) in [5, 5.41) is 4.07. The highest BCUT2D eigenvalue weighted by Gasteiger charge is 2.26. The van der Waals surface area contributed by atoms with E-state index in [-0.39, 0.29) is 11.8 Å². The number of aryl methyl sites for hydroxylation is 2. The predicted molar refractivity (Wildman–Crippen MR) is 138 cm³/mol. The minimum absolute atomic E-state index is 0.0178. The number of benzene rings is 2. The van der Waals surface area contributed by atoms with Crippen molar-refractivity contribution < 1.29 is 14.3 Å². The van der Waals surface area contributed by atoms with Crippen LogP contribution in [0, 0.1) is 13.8 Å². The summed E-state index contributed by atoms with van der Waals surface area (Å²) < 4.78 is 5.47. The van der Waals surface area contributed by atoms with Crippen LogP contribution in [0.25, 0.3) is 10.9 Å². The molecule has 0 radical (unpaired) electrons. The number of carbonyl (C=O) groups is 2. The van der Waals surface area contributed by atoms with Gasteiger partial charge in [-0.2, -0.15) is 0 Å². The molecule has 0 unspecified atom stereocenters. The second kappa shape index (κ2) is 9.95. The fourth-order valence-corrected chi connectivity index (χ4v) is 4.96. The van der Waals surface area contributed by atoms with E-state index in [2.05, 4.69) is 21.4 Å². The van der Waals surface area contributed by atoms with E-state index in [4.69, 9.17) is 4.74 Å². The minimum atomic E-state index is -0.674. The summed E-state index contributed by atoms with van der Waals surface area (Å²) in [6, 6.07) is 17.5. The van der Waals surface area contributed by atoms with Gasteiger partial charge >= 0.3 is 0 Å². The Morgan fingerprint density at radius 1 is 1.14 bits per heavy atom. The summed E-state index contributed by atoms with van der Waals surface area (Å²) >= 11 is 0. The number of hydrogen-bond acceptors (Lipinski definition) is 4. The maximum absolute atomic E-state index is 13.3. The summed E-state index contributed by atoms with van der Waals surface area (Å²) in [7, 11) is 1.54. The van der Waals surface area contributed by atoms with Gasteiger partial charge in [0.1, 0.15) is 5.69 Å². The molecule has 0 fully saturated rings. The first kappa shape index (κ1) is 23.8. The topological polar surface area (TPSA) is 87.3 Å². The zero-order valence-electron chi connectivity index (χ0n) is 20.8. The van der Waals surface area contributed by atoms with E-state index in [1.54, 1.807) is 0 Å². The SMILES string of the molecule is CO[C@@H](C(=O)NCc1c(C)ncc2c1CCN(C(=O)c1cc3cc(C)ccc3[nH]1)C2)c1ccccc1. The number of aromatic nitrogens is 2. The van der Waals surface area contributed by atoms with Crippen LogP contribution in [0.2, 0.25) is 0 Å². The fourth-order valence-electron chi connectivity index (χ4n) is 4.96. The van der Waals surface area contributed by atoms with Crippen LogP contribution in [0.1, 0.15) is 50.1 Å². The first-order valence-corrected chi connectivity index (χ1v) is 12.1. The monoisotopic (exact) mass is 482 g/mol. The van der Waals surface area contributed by atoms with Crippen molar-refractivity contribution in [3.8, 4) is 0 Å². The van der Waals surface area contributed by atoms with Crippen LogP contribution in [0.4, 0.5) is 0 Å². The Kier molecular flexibility index (Phi) is 6.57. The molecule has 1 aliphatic heterocycles. The van der Waals surface area contributed by atoms with Gasteiger partial charge in [-0.05, 0) is 60.7 Å². The summed E-state index contributed by atoms with van der Waals surface area (Å²) in [5.41, 5.74) is 7.60. The van der Waals surface area contributed by atoms with Crippen molar-refractivity contribution in [3.05, 3.63) is 100.0 Å². The zero-order valence-corrected chi connectivity index (χ0v) is 20.8. The second-order valence-electron chi connectivity index (χ2n) is 9.32. The van der Waals surface area contributed by atoms with Gasteiger partial charge in [-0.3, -0.25) is 14.6 Å². The van der Waals surface area contributed by atoms with Crippen LogP contribution >= 0.6 is 0 Å². The molecule has 2 amide bonds.